The first-order valence-corrected chi connectivity index (χ1v) is 15.6. The number of aryl methyl sites for hydroxylation is 2. The lowest BCUT2D eigenvalue weighted by Gasteiger charge is -2.35. The average Bonchev–Trinajstić information content (AvgIpc) is 2.94. The Labute approximate surface area is 277 Å². The Balaban J connectivity index is 2.62. The molecule has 0 bridgehead atoms. The van der Waals surface area contributed by atoms with Crippen LogP contribution < -0.4 is 16.4 Å². The molecule has 0 saturated heterocycles. The van der Waals surface area contributed by atoms with Crippen molar-refractivity contribution in [3.63, 3.8) is 0 Å². The van der Waals surface area contributed by atoms with Crippen LogP contribution in [0.25, 0.3) is 0 Å². The molecule has 0 aliphatic carbocycles. The fourth-order valence-corrected chi connectivity index (χ4v) is 4.74. The highest BCUT2D eigenvalue weighted by Gasteiger charge is 2.38. The quantitative estimate of drug-likeness (QED) is 0.224. The Morgan fingerprint density at radius 1 is 0.851 bits per heavy atom. The summed E-state index contributed by atoms with van der Waals surface area (Å²) in [6, 6.07) is 10.5. The molecule has 47 heavy (non-hydrogen) atoms. The predicted octanol–water partition coefficient (Wildman–Crippen LogP) is 3.39. The molecule has 5 N–H and O–H groups in total. The van der Waals surface area contributed by atoms with Gasteiger partial charge in [-0.05, 0) is 84.1 Å². The van der Waals surface area contributed by atoms with Gasteiger partial charge in [0.25, 0.3) is 0 Å². The SMILES string of the molecule is Cc1ccc(C(C(=O)NC(Cc2ccccc2)C(=O)OC(C)(C)C)N(CCO)C(=O)C(CCC(N)=O)NC(=O)OC(C)(C)C)cc1C. The van der Waals surface area contributed by atoms with Gasteiger partial charge in [-0.25, -0.2) is 9.59 Å². The maximum absolute atomic E-state index is 14.3. The first kappa shape index (κ1) is 38.7. The summed E-state index contributed by atoms with van der Waals surface area (Å²) in [7, 11) is 0. The summed E-state index contributed by atoms with van der Waals surface area (Å²) in [5.74, 6) is -2.85. The van der Waals surface area contributed by atoms with Gasteiger partial charge in [-0.3, -0.25) is 14.4 Å². The van der Waals surface area contributed by atoms with Crippen LogP contribution in [0.15, 0.2) is 48.5 Å². The average molecular weight is 655 g/mol. The third-order valence-electron chi connectivity index (χ3n) is 6.99. The summed E-state index contributed by atoms with van der Waals surface area (Å²) >= 11 is 0. The van der Waals surface area contributed by atoms with Crippen LogP contribution in [0, 0.1) is 13.8 Å². The third-order valence-corrected chi connectivity index (χ3v) is 6.99. The molecule has 2 rings (SSSR count). The molecule has 0 aliphatic heterocycles. The summed E-state index contributed by atoms with van der Waals surface area (Å²) < 4.78 is 11.0. The second kappa shape index (κ2) is 16.9. The van der Waals surface area contributed by atoms with E-state index in [0.29, 0.717) is 5.56 Å². The monoisotopic (exact) mass is 654 g/mol. The smallest absolute Gasteiger partial charge is 0.408 e. The van der Waals surface area contributed by atoms with Gasteiger partial charge in [0.05, 0.1) is 6.61 Å². The molecule has 0 saturated carbocycles. The number of nitrogens with one attached hydrogen (secondary N) is 2. The molecular weight excluding hydrogens is 604 g/mol. The fraction of sp³-hybridized carbons (Fsp3) is 0.514. The van der Waals surface area contributed by atoms with E-state index in [0.717, 1.165) is 21.6 Å². The van der Waals surface area contributed by atoms with Gasteiger partial charge in [-0.1, -0.05) is 48.5 Å². The molecule has 2 aromatic carbocycles. The maximum atomic E-state index is 14.3. The van der Waals surface area contributed by atoms with Crippen LogP contribution >= 0.6 is 0 Å². The molecule has 0 aromatic heterocycles. The van der Waals surface area contributed by atoms with Gasteiger partial charge in [-0.2, -0.15) is 0 Å². The first-order chi connectivity index (χ1) is 21.8. The second-order valence-corrected chi connectivity index (χ2v) is 13.5. The number of aliphatic hydroxyl groups excluding tert-OH is 1. The Bertz CT molecular complexity index is 1400. The number of nitrogens with zero attached hydrogens (tertiary/aromatic N) is 1. The van der Waals surface area contributed by atoms with E-state index in [9.17, 15) is 29.1 Å². The number of esters is 1. The number of benzene rings is 2. The van der Waals surface area contributed by atoms with Gasteiger partial charge in [0, 0.05) is 19.4 Å². The second-order valence-electron chi connectivity index (χ2n) is 13.5. The van der Waals surface area contributed by atoms with Gasteiger partial charge in [-0.15, -0.1) is 0 Å². The van der Waals surface area contributed by atoms with Gasteiger partial charge < -0.3 is 35.8 Å². The van der Waals surface area contributed by atoms with Crippen LogP contribution in [-0.4, -0.2) is 76.2 Å². The zero-order chi connectivity index (χ0) is 35.5. The molecule has 0 radical (unpaired) electrons. The molecule has 2 aromatic rings. The van der Waals surface area contributed by atoms with Gasteiger partial charge in [0.1, 0.15) is 29.3 Å². The summed E-state index contributed by atoms with van der Waals surface area (Å²) in [4.78, 5) is 67.6. The molecule has 258 valence electrons. The van der Waals surface area contributed by atoms with E-state index < -0.39 is 65.7 Å². The number of nitrogens with two attached hydrogens (primary N) is 1. The van der Waals surface area contributed by atoms with Crippen LogP contribution in [0.2, 0.25) is 0 Å². The number of hydrogen-bond donors (Lipinski definition) is 4. The Morgan fingerprint density at radius 2 is 1.47 bits per heavy atom. The molecule has 12 nitrogen and oxygen atoms in total. The molecule has 0 fully saturated rings. The number of hydrogen-bond acceptors (Lipinski definition) is 8. The number of aliphatic hydroxyl groups is 1. The molecule has 3 atom stereocenters. The largest absolute Gasteiger partial charge is 0.458 e. The number of carbonyl (C=O) groups is 5. The Hall–Kier alpha value is -4.45. The fourth-order valence-electron chi connectivity index (χ4n) is 4.74. The van der Waals surface area contributed by atoms with E-state index in [-0.39, 0.29) is 25.8 Å². The topological polar surface area (TPSA) is 177 Å². The maximum Gasteiger partial charge on any atom is 0.408 e. The van der Waals surface area contributed by atoms with E-state index in [2.05, 4.69) is 10.6 Å². The van der Waals surface area contributed by atoms with E-state index >= 15 is 0 Å². The minimum atomic E-state index is -1.36. The minimum absolute atomic E-state index is 0.108. The standard InChI is InChI=1S/C35H50N4O8/c1-22-14-15-25(20-23(22)2)29(30(42)37-27(32(44)46-34(3,4)5)21-24-12-10-9-11-13-24)39(18-19-40)31(43)26(16-17-28(36)41)38-33(45)47-35(6,7)8/h9-15,20,26-27,29,40H,16-19,21H2,1-8H3,(H2,36,41)(H,37,42)(H,38,45). The highest BCUT2D eigenvalue weighted by Crippen LogP contribution is 2.26. The van der Waals surface area contributed by atoms with Gasteiger partial charge in [0.2, 0.25) is 17.7 Å². The Morgan fingerprint density at radius 3 is 2.00 bits per heavy atom. The minimum Gasteiger partial charge on any atom is -0.458 e. The van der Waals surface area contributed by atoms with E-state index in [1.165, 1.54) is 0 Å². The number of rotatable bonds is 14. The summed E-state index contributed by atoms with van der Waals surface area (Å²) in [6.07, 6.45) is -1.25. The first-order valence-electron chi connectivity index (χ1n) is 15.6. The summed E-state index contributed by atoms with van der Waals surface area (Å²) in [5, 5.41) is 15.4. The van der Waals surface area contributed by atoms with Crippen LogP contribution in [0.3, 0.4) is 0 Å². The lowest BCUT2D eigenvalue weighted by atomic mass is 9.97. The lowest BCUT2D eigenvalue weighted by Crippen LogP contribution is -2.55. The van der Waals surface area contributed by atoms with E-state index in [4.69, 9.17) is 15.2 Å². The highest BCUT2D eigenvalue weighted by atomic mass is 16.6. The number of alkyl carbamates (subject to hydrolysis) is 1. The number of carbonyl (C=O) groups excluding carboxylic acids is 5. The Kier molecular flexibility index (Phi) is 13.9. The zero-order valence-electron chi connectivity index (χ0n) is 28.7. The van der Waals surface area contributed by atoms with Crippen molar-refractivity contribution in [3.8, 4) is 0 Å². The lowest BCUT2D eigenvalue weighted by molar-refractivity contribution is -0.159. The highest BCUT2D eigenvalue weighted by molar-refractivity contribution is 5.94. The van der Waals surface area contributed by atoms with Crippen LogP contribution in [0.5, 0.6) is 0 Å². The van der Waals surface area contributed by atoms with E-state index in [1.807, 2.05) is 44.2 Å². The summed E-state index contributed by atoms with van der Waals surface area (Å²) in [5.41, 5.74) is 6.59. The number of amides is 4. The molecular formula is C35H50N4O8. The van der Waals surface area contributed by atoms with Crippen molar-refractivity contribution in [1.29, 1.82) is 0 Å². The van der Waals surface area contributed by atoms with Crippen molar-refractivity contribution in [2.75, 3.05) is 13.2 Å². The third kappa shape index (κ3) is 13.1. The van der Waals surface area contributed by atoms with Gasteiger partial charge in [0.15, 0.2) is 0 Å². The van der Waals surface area contributed by atoms with E-state index in [1.54, 1.807) is 59.7 Å². The predicted molar refractivity (Wildman–Crippen MR) is 177 cm³/mol. The molecule has 3 unspecified atom stereocenters. The molecule has 0 aliphatic rings. The number of primary amides is 1. The molecule has 0 heterocycles. The van der Waals surface area contributed by atoms with Crippen molar-refractivity contribution in [2.24, 2.45) is 5.73 Å². The molecule has 4 amide bonds. The van der Waals surface area contributed by atoms with Crippen molar-refractivity contribution >= 4 is 29.8 Å². The van der Waals surface area contributed by atoms with Crippen LogP contribution in [-0.2, 0) is 35.1 Å². The van der Waals surface area contributed by atoms with Crippen molar-refractivity contribution in [1.82, 2.24) is 15.5 Å². The normalized spacial score (nSPS) is 13.5. The van der Waals surface area contributed by atoms with Crippen LogP contribution in [0.4, 0.5) is 4.79 Å². The molecule has 12 heteroatoms. The zero-order valence-corrected chi connectivity index (χ0v) is 28.7. The summed E-state index contributed by atoms with van der Waals surface area (Å²) in [6.45, 7) is 13.0. The van der Waals surface area contributed by atoms with Crippen LogP contribution in [0.1, 0.15) is 82.7 Å². The number of ether oxygens (including phenoxy) is 2. The van der Waals surface area contributed by atoms with Gasteiger partial charge >= 0.3 is 12.1 Å². The van der Waals surface area contributed by atoms with Crippen molar-refractivity contribution < 1.29 is 38.6 Å². The van der Waals surface area contributed by atoms with Crippen molar-refractivity contribution in [2.45, 2.75) is 104 Å². The van der Waals surface area contributed by atoms with Crippen molar-refractivity contribution in [3.05, 3.63) is 70.8 Å². The molecule has 0 spiro atoms.